The number of hydrogen-bond donors (Lipinski definition) is 0. The summed E-state index contributed by atoms with van der Waals surface area (Å²) in [5.41, 5.74) is 2.00. The first-order valence-corrected chi connectivity index (χ1v) is 13.7. The number of carbonyl (C=O) groups excluding carboxylic acids is 1. The standard InChI is InChI=1S/C28H29BrN2O6S/c1-7-36-27(33)24-16(4)30-28-31(25(24)17-8-10-19(11-9-17)37-15(2)3)26(32)23(38-28)13-18-12-20(29)22(35-6)14-21(18)34-5/h8-15,25H,7H2,1-6H3/t25-/m0/s1. The molecule has 3 aromatic rings. The topological polar surface area (TPSA) is 88.4 Å². The third-order valence-electron chi connectivity index (χ3n) is 5.88. The van der Waals surface area contributed by atoms with Gasteiger partial charge in [0.15, 0.2) is 4.80 Å². The number of fused-ring (bicyclic) bond motifs is 1. The van der Waals surface area contributed by atoms with Crippen molar-refractivity contribution in [2.75, 3.05) is 20.8 Å². The summed E-state index contributed by atoms with van der Waals surface area (Å²) in [6, 6.07) is 10.3. The molecule has 1 aromatic heterocycles. The number of thiazole rings is 1. The van der Waals surface area contributed by atoms with Crippen LogP contribution >= 0.6 is 27.3 Å². The summed E-state index contributed by atoms with van der Waals surface area (Å²) < 4.78 is 24.8. The zero-order chi connectivity index (χ0) is 27.6. The highest BCUT2D eigenvalue weighted by Gasteiger charge is 2.33. The van der Waals surface area contributed by atoms with E-state index in [0.717, 1.165) is 10.0 Å². The minimum Gasteiger partial charge on any atom is -0.496 e. The summed E-state index contributed by atoms with van der Waals surface area (Å²) in [4.78, 5) is 32.1. The number of esters is 1. The van der Waals surface area contributed by atoms with Gasteiger partial charge in [0.1, 0.15) is 17.2 Å². The predicted octanol–water partition coefficient (Wildman–Crippen LogP) is 4.37. The fraction of sp³-hybridized carbons (Fsp3) is 0.321. The number of halogens is 1. The van der Waals surface area contributed by atoms with E-state index < -0.39 is 12.0 Å². The minimum atomic E-state index is -0.704. The van der Waals surface area contributed by atoms with E-state index in [2.05, 4.69) is 20.9 Å². The third-order valence-corrected chi connectivity index (χ3v) is 7.48. The molecule has 10 heteroatoms. The van der Waals surface area contributed by atoms with E-state index in [1.807, 2.05) is 44.2 Å². The fourth-order valence-electron chi connectivity index (χ4n) is 4.25. The number of hydrogen-bond acceptors (Lipinski definition) is 8. The zero-order valence-corrected chi connectivity index (χ0v) is 24.4. The van der Waals surface area contributed by atoms with E-state index >= 15 is 0 Å². The van der Waals surface area contributed by atoms with E-state index in [-0.39, 0.29) is 18.3 Å². The van der Waals surface area contributed by atoms with Crippen molar-refractivity contribution in [2.24, 2.45) is 4.99 Å². The Morgan fingerprint density at radius 1 is 1.16 bits per heavy atom. The lowest BCUT2D eigenvalue weighted by Gasteiger charge is -2.25. The molecule has 0 fully saturated rings. The van der Waals surface area contributed by atoms with Crippen LogP contribution in [0.25, 0.3) is 6.08 Å². The molecule has 0 N–H and O–H groups in total. The number of aromatic nitrogens is 1. The number of nitrogens with zero attached hydrogens (tertiary/aromatic N) is 2. The smallest absolute Gasteiger partial charge is 0.338 e. The van der Waals surface area contributed by atoms with Crippen LogP contribution in [0.5, 0.6) is 17.2 Å². The molecule has 0 bridgehead atoms. The largest absolute Gasteiger partial charge is 0.496 e. The molecule has 0 unspecified atom stereocenters. The van der Waals surface area contributed by atoms with Crippen LogP contribution in [0, 0.1) is 0 Å². The molecule has 4 rings (SSSR count). The van der Waals surface area contributed by atoms with Crippen LogP contribution in [0.3, 0.4) is 0 Å². The molecule has 0 radical (unpaired) electrons. The van der Waals surface area contributed by atoms with E-state index in [1.54, 1.807) is 44.8 Å². The first kappa shape index (κ1) is 27.7. The van der Waals surface area contributed by atoms with Crippen LogP contribution < -0.4 is 29.1 Å². The van der Waals surface area contributed by atoms with E-state index in [1.165, 1.54) is 11.3 Å². The Balaban J connectivity index is 1.92. The molecule has 1 atom stereocenters. The van der Waals surface area contributed by atoms with Crippen LogP contribution in [0.4, 0.5) is 0 Å². The second kappa shape index (κ2) is 11.6. The molecular weight excluding hydrogens is 572 g/mol. The van der Waals surface area contributed by atoms with Crippen molar-refractivity contribution in [3.8, 4) is 17.2 Å². The van der Waals surface area contributed by atoms with Gasteiger partial charge in [-0.15, -0.1) is 0 Å². The average Bonchev–Trinajstić information content (AvgIpc) is 3.18. The summed E-state index contributed by atoms with van der Waals surface area (Å²) in [6.45, 7) is 7.62. The van der Waals surface area contributed by atoms with Gasteiger partial charge in [0.2, 0.25) is 0 Å². The van der Waals surface area contributed by atoms with Gasteiger partial charge in [0.05, 0.1) is 53.2 Å². The Hall–Kier alpha value is -3.37. The highest BCUT2D eigenvalue weighted by molar-refractivity contribution is 9.10. The van der Waals surface area contributed by atoms with Crippen molar-refractivity contribution in [3.63, 3.8) is 0 Å². The maximum atomic E-state index is 13.9. The molecule has 1 aliphatic heterocycles. The van der Waals surface area contributed by atoms with Crippen LogP contribution in [-0.4, -0.2) is 37.5 Å². The summed E-state index contributed by atoms with van der Waals surface area (Å²) in [6.07, 6.45) is 1.78. The number of allylic oxidation sites excluding steroid dienone is 1. The van der Waals surface area contributed by atoms with Gasteiger partial charge in [-0.05, 0) is 73.5 Å². The lowest BCUT2D eigenvalue weighted by Crippen LogP contribution is -2.39. The van der Waals surface area contributed by atoms with Gasteiger partial charge in [-0.3, -0.25) is 9.36 Å². The van der Waals surface area contributed by atoms with E-state index in [0.29, 0.717) is 43.4 Å². The van der Waals surface area contributed by atoms with Gasteiger partial charge in [-0.25, -0.2) is 9.79 Å². The number of carbonyl (C=O) groups is 1. The molecule has 0 saturated carbocycles. The van der Waals surface area contributed by atoms with Gasteiger partial charge < -0.3 is 18.9 Å². The predicted molar refractivity (Wildman–Crippen MR) is 150 cm³/mol. The van der Waals surface area contributed by atoms with Crippen LogP contribution in [0.15, 0.2) is 61.9 Å². The van der Waals surface area contributed by atoms with Gasteiger partial charge in [0.25, 0.3) is 5.56 Å². The Morgan fingerprint density at radius 3 is 2.45 bits per heavy atom. The number of rotatable bonds is 8. The number of methoxy groups -OCH3 is 2. The third kappa shape index (κ3) is 5.42. The minimum absolute atomic E-state index is 0.0192. The molecule has 200 valence electrons. The Morgan fingerprint density at radius 2 is 1.84 bits per heavy atom. The fourth-order valence-corrected chi connectivity index (χ4v) is 5.81. The van der Waals surface area contributed by atoms with Crippen molar-refractivity contribution in [3.05, 3.63) is 83.0 Å². The molecule has 0 amide bonds. The summed E-state index contributed by atoms with van der Waals surface area (Å²) in [7, 11) is 3.13. The second-order valence-electron chi connectivity index (χ2n) is 8.77. The van der Waals surface area contributed by atoms with Gasteiger partial charge >= 0.3 is 5.97 Å². The quantitative estimate of drug-likeness (QED) is 0.357. The molecule has 8 nitrogen and oxygen atoms in total. The van der Waals surface area contributed by atoms with Crippen LogP contribution in [-0.2, 0) is 9.53 Å². The van der Waals surface area contributed by atoms with Gasteiger partial charge in [0, 0.05) is 11.6 Å². The normalized spacial score (nSPS) is 15.3. The lowest BCUT2D eigenvalue weighted by molar-refractivity contribution is -0.139. The molecule has 0 saturated heterocycles. The van der Waals surface area contributed by atoms with Crippen molar-refractivity contribution in [1.82, 2.24) is 4.57 Å². The Bertz CT molecular complexity index is 1570. The number of ether oxygens (including phenoxy) is 4. The molecule has 0 spiro atoms. The summed E-state index contributed by atoms with van der Waals surface area (Å²) >= 11 is 4.75. The Kier molecular flexibility index (Phi) is 8.42. The molecular formula is C28H29BrN2O6S. The van der Waals surface area contributed by atoms with Crippen LogP contribution in [0.1, 0.15) is 44.9 Å². The van der Waals surface area contributed by atoms with Crippen molar-refractivity contribution < 1.29 is 23.7 Å². The molecule has 2 aromatic carbocycles. The summed E-state index contributed by atoms with van der Waals surface area (Å²) in [5.74, 6) is 1.36. The van der Waals surface area contributed by atoms with E-state index in [9.17, 15) is 9.59 Å². The SMILES string of the molecule is CCOC(=O)C1=C(C)N=c2sc(=Cc3cc(Br)c(OC)cc3OC)c(=O)n2[C@H]1c1ccc(OC(C)C)cc1. The monoisotopic (exact) mass is 600 g/mol. The maximum Gasteiger partial charge on any atom is 0.338 e. The Labute approximate surface area is 233 Å². The van der Waals surface area contributed by atoms with Crippen molar-refractivity contribution in [2.45, 2.75) is 39.8 Å². The molecule has 2 heterocycles. The number of benzene rings is 2. The van der Waals surface area contributed by atoms with Gasteiger partial charge in [-0.1, -0.05) is 23.5 Å². The maximum absolute atomic E-state index is 13.9. The van der Waals surface area contributed by atoms with Crippen LogP contribution in [0.2, 0.25) is 0 Å². The first-order valence-electron chi connectivity index (χ1n) is 12.1. The molecule has 1 aliphatic rings. The lowest BCUT2D eigenvalue weighted by atomic mass is 9.96. The molecule has 0 aliphatic carbocycles. The highest BCUT2D eigenvalue weighted by atomic mass is 79.9. The summed E-state index contributed by atoms with van der Waals surface area (Å²) in [5, 5.41) is 0. The highest BCUT2D eigenvalue weighted by Crippen LogP contribution is 2.34. The molecule has 38 heavy (non-hydrogen) atoms. The average molecular weight is 602 g/mol. The van der Waals surface area contributed by atoms with Crippen molar-refractivity contribution in [1.29, 1.82) is 0 Å². The van der Waals surface area contributed by atoms with Crippen molar-refractivity contribution >= 4 is 39.3 Å². The van der Waals surface area contributed by atoms with Gasteiger partial charge in [-0.2, -0.15) is 0 Å². The first-order chi connectivity index (χ1) is 18.2. The van der Waals surface area contributed by atoms with E-state index in [4.69, 9.17) is 18.9 Å². The second-order valence-corrected chi connectivity index (χ2v) is 10.6. The zero-order valence-electron chi connectivity index (χ0n) is 22.0.